The summed E-state index contributed by atoms with van der Waals surface area (Å²) < 4.78 is 12.6. The molecule has 0 spiro atoms. The maximum atomic E-state index is 12.6. The molecule has 1 amide bonds. The van der Waals surface area contributed by atoms with Gasteiger partial charge in [0.25, 0.3) is 0 Å². The lowest BCUT2D eigenvalue weighted by atomic mass is 10.1. The molecule has 1 rings (SSSR count). The molecule has 0 aliphatic carbocycles. The van der Waals surface area contributed by atoms with Gasteiger partial charge in [0.2, 0.25) is 5.91 Å². The van der Waals surface area contributed by atoms with Crippen molar-refractivity contribution in [2.24, 2.45) is 5.92 Å². The largest absolute Gasteiger partial charge is 0.355 e. The first-order chi connectivity index (χ1) is 7.61. The molecule has 1 aromatic rings. The quantitative estimate of drug-likeness (QED) is 0.838. The Bertz CT molecular complexity index is 394. The Hall–Kier alpha value is -1.89. The van der Waals surface area contributed by atoms with E-state index in [0.29, 0.717) is 6.54 Å². The molecule has 0 aliphatic heterocycles. The topological polar surface area (TPSA) is 52.9 Å². The van der Waals surface area contributed by atoms with Crippen LogP contribution < -0.4 is 5.32 Å². The van der Waals surface area contributed by atoms with Crippen LogP contribution in [0.4, 0.5) is 4.39 Å². The van der Waals surface area contributed by atoms with Gasteiger partial charge in [0.1, 0.15) is 5.82 Å². The van der Waals surface area contributed by atoms with Gasteiger partial charge in [-0.25, -0.2) is 4.39 Å². The van der Waals surface area contributed by atoms with Crippen LogP contribution in [0.1, 0.15) is 12.5 Å². The molecule has 1 aromatic carbocycles. The Labute approximate surface area is 93.9 Å². The standard InChI is InChI=1S/C12H13FN2O/c1-9(7-14)8-15-12(16)6-10-2-4-11(13)5-3-10/h2-5,9H,6,8H2,1H3,(H,15,16). The second kappa shape index (κ2) is 5.86. The Morgan fingerprint density at radius 3 is 2.69 bits per heavy atom. The van der Waals surface area contributed by atoms with Crippen LogP contribution in [-0.4, -0.2) is 12.5 Å². The van der Waals surface area contributed by atoms with Gasteiger partial charge in [-0.2, -0.15) is 5.26 Å². The van der Waals surface area contributed by atoms with E-state index in [4.69, 9.17) is 5.26 Å². The monoisotopic (exact) mass is 220 g/mol. The molecule has 1 N–H and O–H groups in total. The van der Waals surface area contributed by atoms with Crippen molar-refractivity contribution >= 4 is 5.91 Å². The average Bonchev–Trinajstić information content (AvgIpc) is 2.29. The molecule has 16 heavy (non-hydrogen) atoms. The zero-order chi connectivity index (χ0) is 12.0. The van der Waals surface area contributed by atoms with Crippen LogP contribution in [0.15, 0.2) is 24.3 Å². The highest BCUT2D eigenvalue weighted by molar-refractivity contribution is 5.78. The highest BCUT2D eigenvalue weighted by Crippen LogP contribution is 2.03. The van der Waals surface area contributed by atoms with E-state index in [-0.39, 0.29) is 24.1 Å². The maximum Gasteiger partial charge on any atom is 0.224 e. The second-order valence-corrected chi connectivity index (χ2v) is 3.64. The number of nitrogens with one attached hydrogen (secondary N) is 1. The second-order valence-electron chi connectivity index (χ2n) is 3.64. The van der Waals surface area contributed by atoms with Crippen LogP contribution in [0.2, 0.25) is 0 Å². The molecule has 0 saturated heterocycles. The van der Waals surface area contributed by atoms with E-state index in [2.05, 4.69) is 5.32 Å². The fraction of sp³-hybridized carbons (Fsp3) is 0.333. The first kappa shape index (κ1) is 12.2. The van der Waals surface area contributed by atoms with Gasteiger partial charge in [0.15, 0.2) is 0 Å². The van der Waals surface area contributed by atoms with Gasteiger partial charge in [0.05, 0.1) is 18.4 Å². The smallest absolute Gasteiger partial charge is 0.224 e. The molecule has 4 heteroatoms. The van der Waals surface area contributed by atoms with Gasteiger partial charge in [-0.15, -0.1) is 0 Å². The number of carbonyl (C=O) groups is 1. The van der Waals surface area contributed by atoms with Gasteiger partial charge < -0.3 is 5.32 Å². The predicted octanol–water partition coefficient (Wildman–Crippen LogP) is 1.64. The lowest BCUT2D eigenvalue weighted by Crippen LogP contribution is -2.29. The number of benzene rings is 1. The highest BCUT2D eigenvalue weighted by atomic mass is 19.1. The number of hydrogen-bond donors (Lipinski definition) is 1. The molecule has 3 nitrogen and oxygen atoms in total. The van der Waals surface area contributed by atoms with Crippen LogP contribution in [0.3, 0.4) is 0 Å². The van der Waals surface area contributed by atoms with Crippen LogP contribution in [0.5, 0.6) is 0 Å². The highest BCUT2D eigenvalue weighted by Gasteiger charge is 2.05. The lowest BCUT2D eigenvalue weighted by Gasteiger charge is -2.06. The molecule has 1 unspecified atom stereocenters. The van der Waals surface area contributed by atoms with E-state index in [0.717, 1.165) is 5.56 Å². The van der Waals surface area contributed by atoms with E-state index >= 15 is 0 Å². The minimum absolute atomic E-state index is 0.159. The number of carbonyl (C=O) groups excluding carboxylic acids is 1. The Balaban J connectivity index is 2.40. The van der Waals surface area contributed by atoms with Gasteiger partial charge in [-0.05, 0) is 24.6 Å². The molecule has 0 aliphatic rings. The van der Waals surface area contributed by atoms with Crippen molar-refractivity contribution in [3.8, 4) is 6.07 Å². The van der Waals surface area contributed by atoms with Crippen molar-refractivity contribution in [1.29, 1.82) is 5.26 Å². The van der Waals surface area contributed by atoms with E-state index in [1.165, 1.54) is 12.1 Å². The van der Waals surface area contributed by atoms with Crippen molar-refractivity contribution in [2.75, 3.05) is 6.54 Å². The molecular weight excluding hydrogens is 207 g/mol. The molecule has 84 valence electrons. The van der Waals surface area contributed by atoms with Crippen LogP contribution in [0.25, 0.3) is 0 Å². The maximum absolute atomic E-state index is 12.6. The van der Waals surface area contributed by atoms with Crippen LogP contribution in [0, 0.1) is 23.1 Å². The van der Waals surface area contributed by atoms with Gasteiger partial charge >= 0.3 is 0 Å². The first-order valence-corrected chi connectivity index (χ1v) is 5.02. The summed E-state index contributed by atoms with van der Waals surface area (Å²) in [5, 5.41) is 11.2. The van der Waals surface area contributed by atoms with Crippen molar-refractivity contribution in [3.63, 3.8) is 0 Å². The molecule has 0 radical (unpaired) electrons. The van der Waals surface area contributed by atoms with Gasteiger partial charge in [-0.3, -0.25) is 4.79 Å². The van der Waals surface area contributed by atoms with Gasteiger partial charge in [0, 0.05) is 6.54 Å². The minimum atomic E-state index is -0.317. The van der Waals surface area contributed by atoms with Crippen molar-refractivity contribution < 1.29 is 9.18 Å². The van der Waals surface area contributed by atoms with Crippen molar-refractivity contribution in [2.45, 2.75) is 13.3 Å². The third kappa shape index (κ3) is 4.09. The average molecular weight is 220 g/mol. The van der Waals surface area contributed by atoms with Crippen LogP contribution >= 0.6 is 0 Å². The molecule has 0 fully saturated rings. The summed E-state index contributed by atoms with van der Waals surface area (Å²) in [5.74, 6) is -0.673. The summed E-state index contributed by atoms with van der Waals surface area (Å²) in [6.45, 7) is 2.08. The summed E-state index contributed by atoms with van der Waals surface area (Å²) in [5.41, 5.74) is 0.753. The number of amides is 1. The predicted molar refractivity (Wildman–Crippen MR) is 57.9 cm³/mol. The molecule has 0 aromatic heterocycles. The number of halogens is 1. The van der Waals surface area contributed by atoms with E-state index in [1.54, 1.807) is 19.1 Å². The number of rotatable bonds is 4. The molecule has 0 bridgehead atoms. The fourth-order valence-electron chi connectivity index (χ4n) is 1.16. The Kier molecular flexibility index (Phi) is 4.46. The third-order valence-electron chi connectivity index (χ3n) is 2.10. The molecule has 0 saturated carbocycles. The SMILES string of the molecule is CC(C#N)CNC(=O)Cc1ccc(F)cc1. The Morgan fingerprint density at radius 2 is 2.12 bits per heavy atom. The van der Waals surface area contributed by atoms with E-state index in [9.17, 15) is 9.18 Å². The van der Waals surface area contributed by atoms with Crippen molar-refractivity contribution in [1.82, 2.24) is 5.32 Å². The lowest BCUT2D eigenvalue weighted by molar-refractivity contribution is -0.120. The van der Waals surface area contributed by atoms with E-state index in [1.807, 2.05) is 6.07 Å². The van der Waals surface area contributed by atoms with Crippen molar-refractivity contribution in [3.05, 3.63) is 35.6 Å². The normalized spacial score (nSPS) is 11.6. The summed E-state index contributed by atoms with van der Waals surface area (Å²) in [6, 6.07) is 7.81. The minimum Gasteiger partial charge on any atom is -0.355 e. The number of nitriles is 1. The zero-order valence-corrected chi connectivity index (χ0v) is 9.03. The van der Waals surface area contributed by atoms with E-state index < -0.39 is 0 Å². The van der Waals surface area contributed by atoms with Crippen LogP contribution in [-0.2, 0) is 11.2 Å². The molecular formula is C12H13FN2O. The summed E-state index contributed by atoms with van der Waals surface area (Å²) in [7, 11) is 0. The number of hydrogen-bond acceptors (Lipinski definition) is 2. The first-order valence-electron chi connectivity index (χ1n) is 5.02. The summed E-state index contributed by atoms with van der Waals surface area (Å²) in [6.07, 6.45) is 0.207. The fourth-order valence-corrected chi connectivity index (χ4v) is 1.16. The molecule has 1 atom stereocenters. The molecule has 0 heterocycles. The summed E-state index contributed by atoms with van der Waals surface area (Å²) in [4.78, 5) is 11.4. The summed E-state index contributed by atoms with van der Waals surface area (Å²) >= 11 is 0. The number of nitrogens with zero attached hydrogens (tertiary/aromatic N) is 1. The Morgan fingerprint density at radius 1 is 1.50 bits per heavy atom. The third-order valence-corrected chi connectivity index (χ3v) is 2.10. The zero-order valence-electron chi connectivity index (χ0n) is 9.03. The van der Waals surface area contributed by atoms with Gasteiger partial charge in [-0.1, -0.05) is 12.1 Å².